The van der Waals surface area contributed by atoms with Crippen LogP contribution in [0.3, 0.4) is 0 Å². The van der Waals surface area contributed by atoms with Gasteiger partial charge in [-0.15, -0.1) is 11.8 Å². The molecule has 4 fully saturated rings. The molecule has 2 unspecified atom stereocenters. The van der Waals surface area contributed by atoms with Gasteiger partial charge in [0.05, 0.1) is 17.6 Å². The molecule has 0 bridgehead atoms. The number of carbonyl (C=O) groups excluding carboxylic acids is 2. The van der Waals surface area contributed by atoms with Gasteiger partial charge in [-0.25, -0.2) is 4.79 Å². The number of epoxide rings is 1. The molecule has 5 N–H and O–H groups in total. The zero-order chi connectivity index (χ0) is 18.8. The number of amides is 2. The summed E-state index contributed by atoms with van der Waals surface area (Å²) in [5.74, 6) is -2.33. The molecule has 10 nitrogen and oxygen atoms in total. The predicted octanol–water partition coefficient (Wildman–Crippen LogP) is -1.81. The van der Waals surface area contributed by atoms with Crippen molar-refractivity contribution in [3.63, 3.8) is 0 Å². The summed E-state index contributed by atoms with van der Waals surface area (Å²) in [6.45, 7) is 0. The second-order valence-electron chi connectivity index (χ2n) is 7.16. The van der Waals surface area contributed by atoms with Gasteiger partial charge in [0.2, 0.25) is 11.8 Å². The molecule has 0 aromatic carbocycles. The largest absolute Gasteiger partial charge is 0.480 e. The van der Waals surface area contributed by atoms with E-state index in [1.165, 1.54) is 16.7 Å². The van der Waals surface area contributed by atoms with Gasteiger partial charge in [0, 0.05) is 12.2 Å². The summed E-state index contributed by atoms with van der Waals surface area (Å²) < 4.78 is 5.26. The van der Waals surface area contributed by atoms with Crippen LogP contribution in [0.2, 0.25) is 0 Å². The SMILES string of the molecule is N[C@H](CCCC(=O)N[C@@H]1C(=O)N2C(C(=O)O)C3(CS[C@H]12)[C@@H]1O[C@@H]13)C(=O)O. The van der Waals surface area contributed by atoms with Crippen molar-refractivity contribution >= 4 is 35.5 Å². The molecule has 3 heterocycles. The monoisotopic (exact) mass is 385 g/mol. The zero-order valence-electron chi connectivity index (χ0n) is 13.7. The Morgan fingerprint density at radius 2 is 2.08 bits per heavy atom. The summed E-state index contributed by atoms with van der Waals surface area (Å²) in [7, 11) is 0. The number of nitrogens with zero attached hydrogens (tertiary/aromatic N) is 1. The van der Waals surface area contributed by atoms with Crippen molar-refractivity contribution in [2.45, 2.75) is 55.0 Å². The number of carboxylic acid groups (broad SMARTS) is 2. The average molecular weight is 385 g/mol. The van der Waals surface area contributed by atoms with Crippen LogP contribution in [0.4, 0.5) is 0 Å². The van der Waals surface area contributed by atoms with Crippen LogP contribution in [-0.2, 0) is 23.9 Å². The molecule has 1 aliphatic carbocycles. The van der Waals surface area contributed by atoms with E-state index in [1.807, 2.05) is 0 Å². The molecule has 2 amide bonds. The van der Waals surface area contributed by atoms with Crippen LogP contribution in [0.25, 0.3) is 0 Å². The molecule has 142 valence electrons. The van der Waals surface area contributed by atoms with Gasteiger partial charge in [-0.1, -0.05) is 0 Å². The van der Waals surface area contributed by atoms with E-state index < -0.39 is 41.4 Å². The molecule has 0 aromatic heterocycles. The van der Waals surface area contributed by atoms with Crippen LogP contribution < -0.4 is 11.1 Å². The number of thioether (sulfide) groups is 1. The number of aliphatic carboxylic acids is 2. The van der Waals surface area contributed by atoms with Crippen molar-refractivity contribution in [2.75, 3.05) is 5.75 Å². The third-order valence-electron chi connectivity index (χ3n) is 5.60. The third kappa shape index (κ3) is 2.41. The quantitative estimate of drug-likeness (QED) is 0.292. The maximum Gasteiger partial charge on any atom is 0.327 e. The second kappa shape index (κ2) is 5.83. The maximum atomic E-state index is 12.5. The lowest BCUT2D eigenvalue weighted by Gasteiger charge is -2.55. The Morgan fingerprint density at radius 3 is 2.62 bits per heavy atom. The minimum absolute atomic E-state index is 0.0584. The number of hydrogen-bond acceptors (Lipinski definition) is 7. The molecule has 3 saturated heterocycles. The molecule has 1 saturated carbocycles. The number of rotatable bonds is 7. The highest BCUT2D eigenvalue weighted by Crippen LogP contribution is 2.71. The number of carboxylic acids is 2. The fraction of sp³-hybridized carbons (Fsp3) is 0.733. The second-order valence-corrected chi connectivity index (χ2v) is 8.26. The van der Waals surface area contributed by atoms with E-state index in [4.69, 9.17) is 15.6 Å². The highest BCUT2D eigenvalue weighted by Gasteiger charge is 2.87. The molecular formula is C15H19N3O7S. The molecule has 0 radical (unpaired) electrons. The van der Waals surface area contributed by atoms with Gasteiger partial charge < -0.3 is 30.9 Å². The van der Waals surface area contributed by atoms with E-state index >= 15 is 0 Å². The molecule has 7 atom stereocenters. The summed E-state index contributed by atoms with van der Waals surface area (Å²) >= 11 is 1.47. The molecule has 3 aliphatic heterocycles. The number of fused-ring (bicyclic) bond motifs is 4. The molecular weight excluding hydrogens is 366 g/mol. The van der Waals surface area contributed by atoms with Gasteiger partial charge in [0.1, 0.15) is 23.5 Å². The van der Waals surface area contributed by atoms with E-state index in [0.717, 1.165) is 0 Å². The van der Waals surface area contributed by atoms with E-state index in [0.29, 0.717) is 12.2 Å². The Hall–Kier alpha value is -1.85. The Balaban J connectivity index is 1.32. The first-order chi connectivity index (χ1) is 12.3. The standard InChI is InChI=1S/C15H19N3O7S/c16-5(13(21)22)2-1-3-6(19)17-7-11(20)18-8(14(23)24)15(4-26-12(7)18)9-10(15)25-9/h5,7-10,12H,1-4,16H2,(H,17,19)(H,21,22)(H,23,24)/t5-,7-,8?,9-,10+,12-,15?/m1/s1. The van der Waals surface area contributed by atoms with Crippen molar-refractivity contribution in [3.05, 3.63) is 0 Å². The Morgan fingerprint density at radius 1 is 1.38 bits per heavy atom. The molecule has 11 heteroatoms. The number of nitrogens with two attached hydrogens (primary N) is 1. The van der Waals surface area contributed by atoms with Crippen LogP contribution >= 0.6 is 11.8 Å². The van der Waals surface area contributed by atoms with Gasteiger partial charge in [-0.3, -0.25) is 14.4 Å². The van der Waals surface area contributed by atoms with Crippen LogP contribution in [-0.4, -0.2) is 80.3 Å². The number of carbonyl (C=O) groups is 4. The lowest BCUT2D eigenvalue weighted by molar-refractivity contribution is -0.170. The summed E-state index contributed by atoms with van der Waals surface area (Å²) in [5.41, 5.74) is 4.91. The van der Waals surface area contributed by atoms with Gasteiger partial charge in [0.25, 0.3) is 0 Å². The minimum atomic E-state index is -1.12. The van der Waals surface area contributed by atoms with E-state index in [-0.39, 0.29) is 36.3 Å². The van der Waals surface area contributed by atoms with Crippen LogP contribution in [0.5, 0.6) is 0 Å². The van der Waals surface area contributed by atoms with Gasteiger partial charge >= 0.3 is 11.9 Å². The minimum Gasteiger partial charge on any atom is -0.480 e. The molecule has 4 rings (SSSR count). The highest BCUT2D eigenvalue weighted by molar-refractivity contribution is 8.00. The van der Waals surface area contributed by atoms with Gasteiger partial charge in [0.15, 0.2) is 0 Å². The normalized spacial score (nSPS) is 40.1. The maximum absolute atomic E-state index is 12.5. The lowest BCUT2D eigenvalue weighted by atomic mass is 9.89. The number of nitrogens with one attached hydrogen (secondary N) is 1. The smallest absolute Gasteiger partial charge is 0.327 e. The van der Waals surface area contributed by atoms with Crippen LogP contribution in [0.15, 0.2) is 0 Å². The predicted molar refractivity (Wildman–Crippen MR) is 87.0 cm³/mol. The molecule has 0 aromatic rings. The fourth-order valence-corrected chi connectivity index (χ4v) is 5.70. The lowest BCUT2D eigenvalue weighted by Crippen LogP contribution is -2.77. The van der Waals surface area contributed by atoms with Crippen molar-refractivity contribution in [1.82, 2.24) is 10.2 Å². The zero-order valence-corrected chi connectivity index (χ0v) is 14.5. The van der Waals surface area contributed by atoms with E-state index in [2.05, 4.69) is 5.32 Å². The van der Waals surface area contributed by atoms with E-state index in [1.54, 1.807) is 0 Å². The molecule has 4 aliphatic rings. The molecule has 26 heavy (non-hydrogen) atoms. The number of hydrogen-bond donors (Lipinski definition) is 4. The van der Waals surface area contributed by atoms with Gasteiger partial charge in [-0.2, -0.15) is 0 Å². The number of β-lactam (4-membered cyclic amide) rings is 1. The van der Waals surface area contributed by atoms with Crippen LogP contribution in [0.1, 0.15) is 19.3 Å². The highest BCUT2D eigenvalue weighted by atomic mass is 32.2. The summed E-state index contributed by atoms with van der Waals surface area (Å²) in [4.78, 5) is 48.2. The van der Waals surface area contributed by atoms with Crippen molar-refractivity contribution in [2.24, 2.45) is 11.1 Å². The summed E-state index contributed by atoms with van der Waals surface area (Å²) in [6, 6.07) is -2.65. The Bertz CT molecular complexity index is 693. The first-order valence-corrected chi connectivity index (χ1v) is 9.43. The Labute approximate surface area is 152 Å². The first kappa shape index (κ1) is 17.6. The van der Waals surface area contributed by atoms with Crippen molar-refractivity contribution in [1.29, 1.82) is 0 Å². The topological polar surface area (TPSA) is 163 Å². The molecule has 1 spiro atoms. The third-order valence-corrected chi connectivity index (χ3v) is 7.11. The number of ether oxygens (including phenoxy) is 1. The average Bonchev–Trinajstić information content (AvgIpc) is 3.49. The van der Waals surface area contributed by atoms with Crippen molar-refractivity contribution < 1.29 is 34.1 Å². The van der Waals surface area contributed by atoms with Crippen LogP contribution in [0, 0.1) is 5.41 Å². The Kier molecular flexibility index (Phi) is 3.93. The van der Waals surface area contributed by atoms with E-state index in [9.17, 15) is 24.3 Å². The summed E-state index contributed by atoms with van der Waals surface area (Å²) in [5, 5.41) is 20.5. The van der Waals surface area contributed by atoms with Gasteiger partial charge in [-0.05, 0) is 12.8 Å². The van der Waals surface area contributed by atoms with Crippen molar-refractivity contribution in [3.8, 4) is 0 Å². The fourth-order valence-electron chi connectivity index (χ4n) is 4.00. The first-order valence-electron chi connectivity index (χ1n) is 8.39. The summed E-state index contributed by atoms with van der Waals surface area (Å²) in [6.07, 6.45) is 0.405.